The van der Waals surface area contributed by atoms with Crippen LogP contribution in [0.4, 0.5) is 4.39 Å². The normalized spacial score (nSPS) is 12.2. The second kappa shape index (κ2) is 6.93. The first-order chi connectivity index (χ1) is 12.7. The van der Waals surface area contributed by atoms with Crippen molar-refractivity contribution in [1.29, 1.82) is 0 Å². The Morgan fingerprint density at radius 3 is 2.62 bits per heavy atom. The molecule has 0 aliphatic rings. The summed E-state index contributed by atoms with van der Waals surface area (Å²) >= 11 is 0. The summed E-state index contributed by atoms with van der Waals surface area (Å²) in [6.07, 6.45) is 6.19. The third-order valence-electron chi connectivity index (χ3n) is 4.22. The van der Waals surface area contributed by atoms with Crippen LogP contribution in [0.2, 0.25) is 0 Å². The van der Waals surface area contributed by atoms with Gasteiger partial charge in [0.15, 0.2) is 0 Å². The van der Waals surface area contributed by atoms with Crippen molar-refractivity contribution in [3.63, 3.8) is 0 Å². The second-order valence-corrected chi connectivity index (χ2v) is 5.94. The summed E-state index contributed by atoms with van der Waals surface area (Å²) in [4.78, 5) is 4.39. The summed E-state index contributed by atoms with van der Waals surface area (Å²) < 4.78 is 17.4. The lowest BCUT2D eigenvalue weighted by Crippen LogP contribution is -2.10. The van der Waals surface area contributed by atoms with E-state index in [9.17, 15) is 9.50 Å². The molecule has 130 valence electrons. The molecule has 0 fully saturated rings. The standard InChI is InChI=1S/C20H17FN4O/c21-16-7-8-18(25-11-4-9-23-25)17(13-16)20-22-10-12-24(20)14-19(26)15-5-2-1-3-6-15/h1-13,19,26H,14H2/t19-/m0/s1. The minimum Gasteiger partial charge on any atom is -0.387 e. The van der Waals surface area contributed by atoms with Crippen molar-refractivity contribution in [2.75, 3.05) is 0 Å². The fourth-order valence-corrected chi connectivity index (χ4v) is 2.97. The predicted molar refractivity (Wildman–Crippen MR) is 96.1 cm³/mol. The van der Waals surface area contributed by atoms with E-state index in [4.69, 9.17) is 0 Å². The van der Waals surface area contributed by atoms with E-state index in [1.807, 2.05) is 34.9 Å². The Labute approximate surface area is 150 Å². The fourth-order valence-electron chi connectivity index (χ4n) is 2.97. The van der Waals surface area contributed by atoms with E-state index in [1.165, 1.54) is 12.1 Å². The molecule has 4 rings (SSSR count). The van der Waals surface area contributed by atoms with Gasteiger partial charge >= 0.3 is 0 Å². The van der Waals surface area contributed by atoms with Gasteiger partial charge in [0.05, 0.1) is 18.3 Å². The van der Waals surface area contributed by atoms with E-state index < -0.39 is 6.10 Å². The highest BCUT2D eigenvalue weighted by molar-refractivity contribution is 5.67. The highest BCUT2D eigenvalue weighted by atomic mass is 19.1. The first-order valence-electron chi connectivity index (χ1n) is 8.26. The maximum absolute atomic E-state index is 13.9. The quantitative estimate of drug-likeness (QED) is 0.599. The number of aromatic nitrogens is 4. The number of nitrogens with zero attached hydrogens (tertiary/aromatic N) is 4. The molecule has 0 radical (unpaired) electrons. The molecule has 6 heteroatoms. The molecule has 0 aliphatic heterocycles. The Morgan fingerprint density at radius 1 is 1.00 bits per heavy atom. The lowest BCUT2D eigenvalue weighted by atomic mass is 10.1. The van der Waals surface area contributed by atoms with Gasteiger partial charge in [-0.25, -0.2) is 14.1 Å². The average molecular weight is 348 g/mol. The SMILES string of the molecule is O[C@@H](Cn1ccnc1-c1cc(F)ccc1-n1cccn1)c1ccccc1. The molecular weight excluding hydrogens is 331 g/mol. The van der Waals surface area contributed by atoms with Gasteiger partial charge in [-0.15, -0.1) is 0 Å². The van der Waals surface area contributed by atoms with Crippen LogP contribution in [0.15, 0.2) is 79.4 Å². The summed E-state index contributed by atoms with van der Waals surface area (Å²) in [5.41, 5.74) is 2.15. The van der Waals surface area contributed by atoms with Gasteiger partial charge in [0.1, 0.15) is 11.6 Å². The largest absolute Gasteiger partial charge is 0.387 e. The van der Waals surface area contributed by atoms with Gasteiger partial charge in [0.2, 0.25) is 0 Å². The molecule has 0 unspecified atom stereocenters. The minimum absolute atomic E-state index is 0.314. The molecule has 26 heavy (non-hydrogen) atoms. The van der Waals surface area contributed by atoms with Crippen molar-refractivity contribution in [3.05, 3.63) is 90.8 Å². The third kappa shape index (κ3) is 3.14. The maximum Gasteiger partial charge on any atom is 0.142 e. The number of aliphatic hydroxyl groups excluding tert-OH is 1. The predicted octanol–water partition coefficient (Wildman–Crippen LogP) is 3.61. The van der Waals surface area contributed by atoms with Crippen molar-refractivity contribution in [2.24, 2.45) is 0 Å². The number of benzene rings is 2. The number of hydrogen-bond acceptors (Lipinski definition) is 3. The van der Waals surface area contributed by atoms with E-state index >= 15 is 0 Å². The third-order valence-corrected chi connectivity index (χ3v) is 4.22. The molecular formula is C20H17FN4O. The van der Waals surface area contributed by atoms with Crippen molar-refractivity contribution >= 4 is 0 Å². The number of hydrogen-bond donors (Lipinski definition) is 1. The molecule has 2 aromatic carbocycles. The highest BCUT2D eigenvalue weighted by Gasteiger charge is 2.16. The van der Waals surface area contributed by atoms with Crippen LogP contribution < -0.4 is 0 Å². The van der Waals surface area contributed by atoms with E-state index in [1.54, 1.807) is 41.6 Å². The van der Waals surface area contributed by atoms with Gasteiger partial charge in [0.25, 0.3) is 0 Å². The number of aliphatic hydroxyl groups is 1. The second-order valence-electron chi connectivity index (χ2n) is 5.94. The molecule has 5 nitrogen and oxygen atoms in total. The first-order valence-corrected chi connectivity index (χ1v) is 8.26. The van der Waals surface area contributed by atoms with Crippen LogP contribution in [0.5, 0.6) is 0 Å². The maximum atomic E-state index is 13.9. The summed E-state index contributed by atoms with van der Waals surface area (Å²) in [6, 6.07) is 15.7. The van der Waals surface area contributed by atoms with E-state index in [2.05, 4.69) is 10.1 Å². The van der Waals surface area contributed by atoms with Crippen molar-refractivity contribution in [1.82, 2.24) is 19.3 Å². The van der Waals surface area contributed by atoms with Crippen molar-refractivity contribution in [3.8, 4) is 17.1 Å². The molecule has 0 bridgehead atoms. The van der Waals surface area contributed by atoms with Crippen LogP contribution in [-0.4, -0.2) is 24.4 Å². The van der Waals surface area contributed by atoms with Gasteiger partial charge in [0, 0.05) is 30.4 Å². The summed E-state index contributed by atoms with van der Waals surface area (Å²) in [6.45, 7) is 0.314. The summed E-state index contributed by atoms with van der Waals surface area (Å²) in [5, 5.41) is 14.8. The van der Waals surface area contributed by atoms with Gasteiger partial charge in [-0.3, -0.25) is 0 Å². The molecule has 0 saturated heterocycles. The van der Waals surface area contributed by atoms with Gasteiger partial charge in [-0.2, -0.15) is 5.10 Å². The van der Waals surface area contributed by atoms with Gasteiger partial charge in [-0.1, -0.05) is 30.3 Å². The monoisotopic (exact) mass is 348 g/mol. The Balaban J connectivity index is 1.73. The van der Waals surface area contributed by atoms with Gasteiger partial charge in [-0.05, 0) is 29.8 Å². The molecule has 2 heterocycles. The molecule has 2 aromatic heterocycles. The number of imidazole rings is 1. The van der Waals surface area contributed by atoms with Crippen LogP contribution in [0.1, 0.15) is 11.7 Å². The van der Waals surface area contributed by atoms with E-state index in [-0.39, 0.29) is 5.82 Å². The first kappa shape index (κ1) is 16.2. The van der Waals surface area contributed by atoms with Crippen LogP contribution in [0, 0.1) is 5.82 Å². The van der Waals surface area contributed by atoms with E-state index in [0.717, 1.165) is 11.3 Å². The van der Waals surface area contributed by atoms with Gasteiger partial charge < -0.3 is 9.67 Å². The Bertz CT molecular complexity index is 996. The topological polar surface area (TPSA) is 55.9 Å². The molecule has 1 N–H and O–H groups in total. The zero-order chi connectivity index (χ0) is 17.9. The Morgan fingerprint density at radius 2 is 1.85 bits per heavy atom. The van der Waals surface area contributed by atoms with Crippen LogP contribution in [0.25, 0.3) is 17.1 Å². The van der Waals surface area contributed by atoms with Crippen LogP contribution >= 0.6 is 0 Å². The molecule has 0 amide bonds. The zero-order valence-electron chi connectivity index (χ0n) is 13.9. The molecule has 0 aliphatic carbocycles. The van der Waals surface area contributed by atoms with E-state index in [0.29, 0.717) is 17.9 Å². The minimum atomic E-state index is -0.689. The number of rotatable bonds is 5. The average Bonchev–Trinajstić information content (AvgIpc) is 3.34. The van der Waals surface area contributed by atoms with Crippen molar-refractivity contribution < 1.29 is 9.50 Å². The Hall–Kier alpha value is -3.25. The lowest BCUT2D eigenvalue weighted by Gasteiger charge is -2.16. The Kier molecular flexibility index (Phi) is 4.33. The smallest absolute Gasteiger partial charge is 0.142 e. The molecule has 0 saturated carbocycles. The lowest BCUT2D eigenvalue weighted by molar-refractivity contribution is 0.157. The summed E-state index contributed by atoms with van der Waals surface area (Å²) in [7, 11) is 0. The molecule has 0 spiro atoms. The zero-order valence-corrected chi connectivity index (χ0v) is 13.9. The molecule has 4 aromatic rings. The van der Waals surface area contributed by atoms with Crippen molar-refractivity contribution in [2.45, 2.75) is 12.6 Å². The highest BCUT2D eigenvalue weighted by Crippen LogP contribution is 2.27. The number of halogens is 1. The van der Waals surface area contributed by atoms with Crippen LogP contribution in [-0.2, 0) is 6.54 Å². The fraction of sp³-hybridized carbons (Fsp3) is 0.100. The molecule has 1 atom stereocenters. The van der Waals surface area contributed by atoms with Crippen LogP contribution in [0.3, 0.4) is 0 Å². The summed E-state index contributed by atoms with van der Waals surface area (Å²) in [5.74, 6) is 0.221.